The lowest BCUT2D eigenvalue weighted by atomic mass is 9.86. The molecule has 4 N–H and O–H groups in total. The highest BCUT2D eigenvalue weighted by atomic mass is 19.2. The zero-order chi connectivity index (χ0) is 20.8. The van der Waals surface area contributed by atoms with Gasteiger partial charge in [0, 0.05) is 44.6 Å². The Hall–Kier alpha value is -1.02. The lowest BCUT2D eigenvalue weighted by Crippen LogP contribution is -2.36. The van der Waals surface area contributed by atoms with Crippen molar-refractivity contribution < 1.29 is 28.9 Å². The van der Waals surface area contributed by atoms with E-state index in [9.17, 15) is 19.4 Å². The molecular weight excluding hydrogens is 365 g/mol. The standard InChI is InChI=1S/C21H36FNO5/c1-3-4-5-8-15(24)10-11-17-16-13-20(27-2,12-7-6-9-19(23)25)28-18(16)14-21(17,22)26/h10-11,15-18,24,26H,3-9,12-14H2,1-2H3,(H2,23,25)/b11-10+. The van der Waals surface area contributed by atoms with Gasteiger partial charge in [-0.05, 0) is 19.3 Å². The number of unbranched alkanes of at least 4 members (excludes halogenated alkanes) is 3. The fourth-order valence-corrected chi connectivity index (χ4v) is 4.53. The highest BCUT2D eigenvalue weighted by molar-refractivity contribution is 5.73. The van der Waals surface area contributed by atoms with E-state index in [1.807, 2.05) is 0 Å². The van der Waals surface area contributed by atoms with Crippen LogP contribution < -0.4 is 5.73 Å². The van der Waals surface area contributed by atoms with Crippen LogP contribution in [0.3, 0.4) is 0 Å². The molecule has 6 unspecified atom stereocenters. The van der Waals surface area contributed by atoms with Crippen LogP contribution in [0.2, 0.25) is 0 Å². The first kappa shape index (κ1) is 23.3. The van der Waals surface area contributed by atoms with Gasteiger partial charge in [0.25, 0.3) is 0 Å². The largest absolute Gasteiger partial charge is 0.389 e. The van der Waals surface area contributed by atoms with E-state index in [4.69, 9.17) is 15.2 Å². The van der Waals surface area contributed by atoms with Gasteiger partial charge < -0.3 is 25.4 Å². The highest BCUT2D eigenvalue weighted by Crippen LogP contribution is 2.54. The summed E-state index contributed by atoms with van der Waals surface area (Å²) in [7, 11) is 1.57. The number of fused-ring (bicyclic) bond motifs is 1. The van der Waals surface area contributed by atoms with Gasteiger partial charge in [0.2, 0.25) is 11.8 Å². The number of carbonyl (C=O) groups excluding carboxylic acids is 1. The average Bonchev–Trinajstić information content (AvgIpc) is 3.07. The van der Waals surface area contributed by atoms with E-state index in [0.717, 1.165) is 19.3 Å². The Balaban J connectivity index is 1.97. The molecule has 6 nitrogen and oxygen atoms in total. The predicted molar refractivity (Wildman–Crippen MR) is 104 cm³/mol. The molecule has 0 radical (unpaired) electrons. The summed E-state index contributed by atoms with van der Waals surface area (Å²) in [6, 6.07) is 0. The van der Waals surface area contributed by atoms with Crippen LogP contribution in [0.15, 0.2) is 12.2 Å². The van der Waals surface area contributed by atoms with Crippen LogP contribution in [0, 0.1) is 11.8 Å². The molecule has 1 aliphatic heterocycles. The number of alkyl halides is 1. The Morgan fingerprint density at radius 3 is 2.75 bits per heavy atom. The number of halogens is 1. The second kappa shape index (κ2) is 10.1. The molecule has 2 fully saturated rings. The molecule has 2 rings (SSSR count). The molecule has 0 aromatic rings. The van der Waals surface area contributed by atoms with Crippen molar-refractivity contribution in [2.45, 2.75) is 95.0 Å². The van der Waals surface area contributed by atoms with Gasteiger partial charge in [-0.2, -0.15) is 0 Å². The topological polar surface area (TPSA) is 102 Å². The van der Waals surface area contributed by atoms with Crippen molar-refractivity contribution in [2.75, 3.05) is 7.11 Å². The zero-order valence-electron chi connectivity index (χ0n) is 17.1. The second-order valence-electron chi connectivity index (χ2n) is 8.31. The molecule has 1 aliphatic carbocycles. The number of amides is 1. The van der Waals surface area contributed by atoms with Crippen LogP contribution >= 0.6 is 0 Å². The number of rotatable bonds is 12. The van der Waals surface area contributed by atoms with E-state index in [0.29, 0.717) is 38.5 Å². The Kier molecular flexibility index (Phi) is 8.43. The van der Waals surface area contributed by atoms with Gasteiger partial charge in [-0.1, -0.05) is 38.3 Å². The maximum absolute atomic E-state index is 14.8. The van der Waals surface area contributed by atoms with Crippen LogP contribution in [0.25, 0.3) is 0 Å². The SMILES string of the molecule is CCCCCC(O)/C=C/C1C2CC(CCCCC(N)=O)(OC)OC2CC1(O)F. The Morgan fingerprint density at radius 2 is 2.11 bits per heavy atom. The number of aliphatic hydroxyl groups is 2. The van der Waals surface area contributed by atoms with Gasteiger partial charge >= 0.3 is 0 Å². The summed E-state index contributed by atoms with van der Waals surface area (Å²) in [6.07, 6.45) is 8.46. The lowest BCUT2D eigenvalue weighted by molar-refractivity contribution is -0.227. The van der Waals surface area contributed by atoms with Crippen molar-refractivity contribution in [3.05, 3.63) is 12.2 Å². The van der Waals surface area contributed by atoms with Gasteiger partial charge in [0.05, 0.1) is 12.2 Å². The Labute approximate surface area is 167 Å². The molecule has 1 amide bonds. The molecule has 1 saturated carbocycles. The van der Waals surface area contributed by atoms with Crippen molar-refractivity contribution in [1.29, 1.82) is 0 Å². The minimum absolute atomic E-state index is 0.106. The minimum Gasteiger partial charge on any atom is -0.389 e. The van der Waals surface area contributed by atoms with Crippen molar-refractivity contribution in [3.63, 3.8) is 0 Å². The number of hydrogen-bond acceptors (Lipinski definition) is 5. The quantitative estimate of drug-likeness (QED) is 0.345. The summed E-state index contributed by atoms with van der Waals surface area (Å²) in [4.78, 5) is 10.9. The highest BCUT2D eigenvalue weighted by Gasteiger charge is 2.60. The fourth-order valence-electron chi connectivity index (χ4n) is 4.53. The number of ether oxygens (including phenoxy) is 2. The zero-order valence-corrected chi connectivity index (χ0v) is 17.1. The van der Waals surface area contributed by atoms with Gasteiger partial charge in [0.15, 0.2) is 5.79 Å². The fraction of sp³-hybridized carbons (Fsp3) is 0.857. The molecule has 0 aromatic carbocycles. The van der Waals surface area contributed by atoms with Crippen molar-refractivity contribution in [1.82, 2.24) is 0 Å². The minimum atomic E-state index is -2.35. The van der Waals surface area contributed by atoms with Crippen LogP contribution in [-0.4, -0.2) is 47.1 Å². The normalized spacial score (nSPS) is 36.1. The van der Waals surface area contributed by atoms with Gasteiger partial charge in [0.1, 0.15) is 0 Å². The van der Waals surface area contributed by atoms with Crippen molar-refractivity contribution in [3.8, 4) is 0 Å². The van der Waals surface area contributed by atoms with E-state index in [1.54, 1.807) is 19.3 Å². The molecule has 2 aliphatic rings. The van der Waals surface area contributed by atoms with Gasteiger partial charge in [-0.25, -0.2) is 4.39 Å². The van der Waals surface area contributed by atoms with Crippen LogP contribution in [0.4, 0.5) is 4.39 Å². The number of aliphatic hydroxyl groups excluding tert-OH is 1. The maximum Gasteiger partial charge on any atom is 0.217 e. The van der Waals surface area contributed by atoms with E-state index in [-0.39, 0.29) is 18.2 Å². The number of primary amides is 1. The number of carbonyl (C=O) groups is 1. The first-order chi connectivity index (χ1) is 13.2. The number of hydrogen-bond donors (Lipinski definition) is 3. The number of nitrogens with two attached hydrogens (primary N) is 1. The summed E-state index contributed by atoms with van der Waals surface area (Å²) in [5.41, 5.74) is 5.17. The predicted octanol–water partition coefficient (Wildman–Crippen LogP) is 2.96. The third kappa shape index (κ3) is 5.99. The Morgan fingerprint density at radius 1 is 1.36 bits per heavy atom. The first-order valence-corrected chi connectivity index (χ1v) is 10.5. The molecule has 28 heavy (non-hydrogen) atoms. The smallest absolute Gasteiger partial charge is 0.217 e. The van der Waals surface area contributed by atoms with Crippen LogP contribution in [-0.2, 0) is 14.3 Å². The summed E-state index contributed by atoms with van der Waals surface area (Å²) in [6.45, 7) is 2.10. The molecule has 1 heterocycles. The summed E-state index contributed by atoms with van der Waals surface area (Å²) >= 11 is 0. The summed E-state index contributed by atoms with van der Waals surface area (Å²) in [5, 5.41) is 20.3. The first-order valence-electron chi connectivity index (χ1n) is 10.5. The molecule has 1 saturated heterocycles. The van der Waals surface area contributed by atoms with E-state index in [2.05, 4.69) is 6.92 Å². The monoisotopic (exact) mass is 401 g/mol. The van der Waals surface area contributed by atoms with Gasteiger partial charge in [-0.3, -0.25) is 4.79 Å². The molecule has 0 bridgehead atoms. The molecule has 6 atom stereocenters. The molecule has 0 aromatic heterocycles. The van der Waals surface area contributed by atoms with Crippen molar-refractivity contribution in [2.24, 2.45) is 17.6 Å². The number of methoxy groups -OCH3 is 1. The third-order valence-corrected chi connectivity index (χ3v) is 6.10. The van der Waals surface area contributed by atoms with Gasteiger partial charge in [-0.15, -0.1) is 0 Å². The summed E-state index contributed by atoms with van der Waals surface area (Å²) < 4.78 is 26.4. The second-order valence-corrected chi connectivity index (χ2v) is 8.31. The molecular formula is C21H36FNO5. The van der Waals surface area contributed by atoms with Crippen LogP contribution in [0.5, 0.6) is 0 Å². The van der Waals surface area contributed by atoms with E-state index >= 15 is 0 Å². The lowest BCUT2D eigenvalue weighted by Gasteiger charge is -2.31. The van der Waals surface area contributed by atoms with E-state index < -0.39 is 29.8 Å². The molecule has 162 valence electrons. The maximum atomic E-state index is 14.8. The third-order valence-electron chi connectivity index (χ3n) is 6.10. The molecule has 7 heteroatoms. The summed E-state index contributed by atoms with van der Waals surface area (Å²) in [5.74, 6) is -4.46. The van der Waals surface area contributed by atoms with Crippen molar-refractivity contribution >= 4 is 5.91 Å². The molecule has 0 spiro atoms. The average molecular weight is 402 g/mol. The van der Waals surface area contributed by atoms with E-state index in [1.165, 1.54) is 0 Å². The Bertz CT molecular complexity index is 541. The van der Waals surface area contributed by atoms with Crippen LogP contribution in [0.1, 0.15) is 71.1 Å².